The zero-order valence-corrected chi connectivity index (χ0v) is 13.4. The highest BCUT2D eigenvalue weighted by atomic mass is 16.5. The van der Waals surface area contributed by atoms with Gasteiger partial charge < -0.3 is 24.4 Å². The predicted molar refractivity (Wildman–Crippen MR) is 89.4 cm³/mol. The molecule has 6 nitrogen and oxygen atoms in total. The number of carbonyl (C=O) groups excluding carboxylic acids is 1. The maximum atomic E-state index is 10.9. The lowest BCUT2D eigenvalue weighted by Crippen LogP contribution is -2.19. The summed E-state index contributed by atoms with van der Waals surface area (Å²) in [5, 5.41) is 0.865. The van der Waals surface area contributed by atoms with Gasteiger partial charge in [-0.2, -0.15) is 0 Å². The number of hydrogen-bond donors (Lipinski definition) is 1. The van der Waals surface area contributed by atoms with Crippen LogP contribution in [-0.4, -0.2) is 26.7 Å². The zero-order valence-electron chi connectivity index (χ0n) is 13.4. The van der Waals surface area contributed by atoms with Crippen LogP contribution < -0.4 is 19.9 Å². The third kappa shape index (κ3) is 2.99. The Labute approximate surface area is 138 Å². The molecule has 0 aliphatic heterocycles. The number of amides is 1. The molecule has 24 heavy (non-hydrogen) atoms. The second-order valence-electron chi connectivity index (χ2n) is 5.13. The molecule has 2 aromatic carbocycles. The van der Waals surface area contributed by atoms with E-state index in [9.17, 15) is 4.79 Å². The van der Waals surface area contributed by atoms with Crippen molar-refractivity contribution in [1.82, 2.24) is 0 Å². The molecule has 2 N–H and O–H groups in total. The average Bonchev–Trinajstić information content (AvgIpc) is 3.02. The van der Waals surface area contributed by atoms with Gasteiger partial charge in [-0.3, -0.25) is 4.79 Å². The molecule has 6 heteroatoms. The summed E-state index contributed by atoms with van der Waals surface area (Å²) in [4.78, 5) is 10.9. The molecule has 0 unspecified atom stereocenters. The van der Waals surface area contributed by atoms with Gasteiger partial charge in [0.1, 0.15) is 11.3 Å². The quantitative estimate of drug-likeness (QED) is 0.752. The number of benzene rings is 2. The van der Waals surface area contributed by atoms with Crippen LogP contribution in [0.25, 0.3) is 22.1 Å². The Balaban J connectivity index is 2.03. The molecular formula is C18H17NO5. The summed E-state index contributed by atoms with van der Waals surface area (Å²) in [6, 6.07) is 11.0. The molecule has 124 valence electrons. The highest BCUT2D eigenvalue weighted by molar-refractivity contribution is 5.95. The van der Waals surface area contributed by atoms with Gasteiger partial charge in [0.05, 0.1) is 20.5 Å². The standard InChI is InChI=1S/C18H17NO5/c1-21-16-5-3-11(7-17(16)22-2)14-9-24-15-6-4-12(8-13(14)15)23-10-18(19)20/h3-9H,10H2,1-2H3,(H2,19,20). The monoisotopic (exact) mass is 327 g/mol. The average molecular weight is 327 g/mol. The SMILES string of the molecule is COc1ccc(-c2coc3ccc(OCC(N)=O)cc23)cc1OC. The lowest BCUT2D eigenvalue weighted by atomic mass is 10.0. The molecule has 1 heterocycles. The highest BCUT2D eigenvalue weighted by Gasteiger charge is 2.12. The van der Waals surface area contributed by atoms with Crippen molar-refractivity contribution in [2.24, 2.45) is 5.73 Å². The van der Waals surface area contributed by atoms with Crippen molar-refractivity contribution in [2.45, 2.75) is 0 Å². The molecule has 1 aromatic heterocycles. The number of rotatable bonds is 6. The van der Waals surface area contributed by atoms with E-state index in [-0.39, 0.29) is 6.61 Å². The Morgan fingerprint density at radius 2 is 1.88 bits per heavy atom. The molecule has 1 amide bonds. The van der Waals surface area contributed by atoms with Crippen LogP contribution in [0.4, 0.5) is 0 Å². The molecule has 0 saturated heterocycles. The first-order chi connectivity index (χ1) is 11.6. The first-order valence-corrected chi connectivity index (χ1v) is 7.27. The van der Waals surface area contributed by atoms with E-state index in [0.29, 0.717) is 22.8 Å². The molecule has 0 aliphatic carbocycles. The highest BCUT2D eigenvalue weighted by Crippen LogP contribution is 2.37. The number of ether oxygens (including phenoxy) is 3. The first-order valence-electron chi connectivity index (χ1n) is 7.27. The summed E-state index contributed by atoms with van der Waals surface area (Å²) in [7, 11) is 3.18. The van der Waals surface area contributed by atoms with Crippen molar-refractivity contribution in [3.63, 3.8) is 0 Å². The number of nitrogens with two attached hydrogens (primary N) is 1. The van der Waals surface area contributed by atoms with Gasteiger partial charge in [0.15, 0.2) is 18.1 Å². The topological polar surface area (TPSA) is 83.9 Å². The molecule has 3 aromatic rings. The second kappa shape index (κ2) is 6.54. The summed E-state index contributed by atoms with van der Waals surface area (Å²) in [6.45, 7) is -0.172. The van der Waals surface area contributed by atoms with Crippen molar-refractivity contribution in [3.05, 3.63) is 42.7 Å². The molecule has 0 atom stereocenters. The van der Waals surface area contributed by atoms with Gasteiger partial charge >= 0.3 is 0 Å². The molecule has 0 aliphatic rings. The lowest BCUT2D eigenvalue weighted by Gasteiger charge is -2.09. The fourth-order valence-electron chi connectivity index (χ4n) is 2.48. The van der Waals surface area contributed by atoms with Gasteiger partial charge in [0.25, 0.3) is 5.91 Å². The van der Waals surface area contributed by atoms with Crippen LogP contribution in [0.1, 0.15) is 0 Å². The molecular weight excluding hydrogens is 310 g/mol. The molecule has 0 spiro atoms. The van der Waals surface area contributed by atoms with Crippen LogP contribution in [-0.2, 0) is 4.79 Å². The minimum absolute atomic E-state index is 0.172. The fourth-order valence-corrected chi connectivity index (χ4v) is 2.48. The Bertz CT molecular complexity index is 884. The normalized spacial score (nSPS) is 10.6. The number of methoxy groups -OCH3 is 2. The predicted octanol–water partition coefficient (Wildman–Crippen LogP) is 2.98. The molecule has 0 fully saturated rings. The van der Waals surface area contributed by atoms with Crippen LogP contribution in [0.3, 0.4) is 0 Å². The van der Waals surface area contributed by atoms with E-state index in [1.807, 2.05) is 24.3 Å². The summed E-state index contributed by atoms with van der Waals surface area (Å²) < 4.78 is 21.6. The summed E-state index contributed by atoms with van der Waals surface area (Å²) in [5.74, 6) is 1.30. The van der Waals surface area contributed by atoms with Crippen molar-refractivity contribution in [1.29, 1.82) is 0 Å². The van der Waals surface area contributed by atoms with Gasteiger partial charge in [-0.1, -0.05) is 6.07 Å². The molecule has 0 radical (unpaired) electrons. The summed E-state index contributed by atoms with van der Waals surface area (Å²) in [6.07, 6.45) is 1.67. The summed E-state index contributed by atoms with van der Waals surface area (Å²) in [5.41, 5.74) is 7.62. The largest absolute Gasteiger partial charge is 0.493 e. The van der Waals surface area contributed by atoms with E-state index < -0.39 is 5.91 Å². The van der Waals surface area contributed by atoms with Gasteiger partial charge in [0, 0.05) is 10.9 Å². The van der Waals surface area contributed by atoms with Crippen molar-refractivity contribution >= 4 is 16.9 Å². The number of carbonyl (C=O) groups is 1. The van der Waals surface area contributed by atoms with Crippen molar-refractivity contribution in [3.8, 4) is 28.4 Å². The third-order valence-corrected chi connectivity index (χ3v) is 3.62. The van der Waals surface area contributed by atoms with Gasteiger partial charge in [0.2, 0.25) is 0 Å². The van der Waals surface area contributed by atoms with Crippen molar-refractivity contribution in [2.75, 3.05) is 20.8 Å². The summed E-state index contributed by atoms with van der Waals surface area (Å²) >= 11 is 0. The maximum Gasteiger partial charge on any atom is 0.255 e. The van der Waals surface area contributed by atoms with Crippen LogP contribution in [0.2, 0.25) is 0 Å². The first kappa shape index (κ1) is 15.7. The molecule has 0 saturated carbocycles. The number of furan rings is 1. The van der Waals surface area contributed by atoms with E-state index in [4.69, 9.17) is 24.4 Å². The minimum atomic E-state index is -0.526. The Kier molecular flexibility index (Phi) is 4.29. The number of primary amides is 1. The lowest BCUT2D eigenvalue weighted by molar-refractivity contribution is -0.119. The number of fused-ring (bicyclic) bond motifs is 1. The number of hydrogen-bond acceptors (Lipinski definition) is 5. The minimum Gasteiger partial charge on any atom is -0.493 e. The van der Waals surface area contributed by atoms with Gasteiger partial charge in [-0.15, -0.1) is 0 Å². The Hall–Kier alpha value is -3.15. The van der Waals surface area contributed by atoms with Crippen LogP contribution >= 0.6 is 0 Å². The van der Waals surface area contributed by atoms with Gasteiger partial charge in [-0.25, -0.2) is 0 Å². The van der Waals surface area contributed by atoms with Crippen molar-refractivity contribution < 1.29 is 23.4 Å². The van der Waals surface area contributed by atoms with E-state index in [0.717, 1.165) is 16.5 Å². The zero-order chi connectivity index (χ0) is 17.1. The van der Waals surface area contributed by atoms with E-state index in [1.54, 1.807) is 32.6 Å². The van der Waals surface area contributed by atoms with E-state index >= 15 is 0 Å². The molecule has 3 rings (SSSR count). The van der Waals surface area contributed by atoms with Crippen LogP contribution in [0, 0.1) is 0 Å². The maximum absolute atomic E-state index is 10.9. The fraction of sp³-hybridized carbons (Fsp3) is 0.167. The van der Waals surface area contributed by atoms with E-state index in [2.05, 4.69) is 0 Å². The smallest absolute Gasteiger partial charge is 0.255 e. The van der Waals surface area contributed by atoms with E-state index in [1.165, 1.54) is 0 Å². The molecule has 0 bridgehead atoms. The third-order valence-electron chi connectivity index (χ3n) is 3.62. The van der Waals surface area contributed by atoms with Crippen LogP contribution in [0.15, 0.2) is 47.1 Å². The second-order valence-corrected chi connectivity index (χ2v) is 5.13. The Morgan fingerprint density at radius 1 is 1.08 bits per heavy atom. The van der Waals surface area contributed by atoms with Gasteiger partial charge in [-0.05, 0) is 35.9 Å². The van der Waals surface area contributed by atoms with Crippen LogP contribution in [0.5, 0.6) is 17.2 Å². The Morgan fingerprint density at radius 3 is 2.58 bits per heavy atom.